The molecule has 2 rings (SSSR count). The van der Waals surface area contributed by atoms with Crippen LogP contribution in [0, 0.1) is 10.5 Å². The van der Waals surface area contributed by atoms with Gasteiger partial charge in [-0.25, -0.2) is 4.98 Å². The van der Waals surface area contributed by atoms with Crippen LogP contribution in [0.5, 0.6) is 5.75 Å². The molecule has 1 aromatic heterocycles. The minimum atomic E-state index is -0.227. The molecular weight excluding hydrogens is 355 g/mol. The van der Waals surface area contributed by atoms with Crippen LogP contribution >= 0.6 is 22.6 Å². The van der Waals surface area contributed by atoms with E-state index in [2.05, 4.69) is 32.9 Å². The number of halogens is 1. The first-order chi connectivity index (χ1) is 9.13. The fraction of sp³-hybridized carbons (Fsp3) is 0.143. The van der Waals surface area contributed by atoms with Crippen LogP contribution in [-0.4, -0.2) is 17.5 Å². The summed E-state index contributed by atoms with van der Waals surface area (Å²) < 4.78 is 6.42. The average Bonchev–Trinajstić information content (AvgIpc) is 2.39. The second-order valence-corrected chi connectivity index (χ2v) is 5.26. The normalized spacial score (nSPS) is 10.0. The summed E-state index contributed by atoms with van der Waals surface area (Å²) in [5, 5.41) is 2.68. The van der Waals surface area contributed by atoms with E-state index in [1.54, 1.807) is 12.3 Å². The topological polar surface area (TPSA) is 51.2 Å². The minimum absolute atomic E-state index is 0.0306. The largest absolute Gasteiger partial charge is 0.484 e. The predicted octanol–water partition coefficient (Wildman–Crippen LogP) is 3.01. The predicted molar refractivity (Wildman–Crippen MR) is 82.3 cm³/mol. The van der Waals surface area contributed by atoms with Crippen LogP contribution in [-0.2, 0) is 4.79 Å². The Hall–Kier alpha value is -1.63. The van der Waals surface area contributed by atoms with Crippen molar-refractivity contribution in [3.63, 3.8) is 0 Å². The van der Waals surface area contributed by atoms with Gasteiger partial charge in [-0.3, -0.25) is 4.79 Å². The lowest BCUT2D eigenvalue weighted by atomic mass is 10.2. The Morgan fingerprint density at radius 3 is 2.89 bits per heavy atom. The van der Waals surface area contributed by atoms with Crippen LogP contribution < -0.4 is 10.1 Å². The van der Waals surface area contributed by atoms with Gasteiger partial charge >= 0.3 is 0 Å². The van der Waals surface area contributed by atoms with Gasteiger partial charge in [-0.05, 0) is 59.3 Å². The zero-order valence-corrected chi connectivity index (χ0v) is 12.5. The third-order valence-corrected chi connectivity index (χ3v) is 2.99. The molecule has 1 amide bonds. The van der Waals surface area contributed by atoms with Gasteiger partial charge in [-0.15, -0.1) is 0 Å². The summed E-state index contributed by atoms with van der Waals surface area (Å²) >= 11 is 2.16. The van der Waals surface area contributed by atoms with Crippen LogP contribution in [0.15, 0.2) is 42.6 Å². The van der Waals surface area contributed by atoms with Gasteiger partial charge < -0.3 is 10.1 Å². The van der Waals surface area contributed by atoms with Crippen LogP contribution in [0.2, 0.25) is 0 Å². The van der Waals surface area contributed by atoms with Crippen LogP contribution in [0.1, 0.15) is 5.56 Å². The number of aromatic nitrogens is 1. The molecule has 0 aliphatic heterocycles. The lowest BCUT2D eigenvalue weighted by Crippen LogP contribution is -2.20. The molecule has 19 heavy (non-hydrogen) atoms. The molecule has 0 unspecified atom stereocenters. The van der Waals surface area contributed by atoms with Crippen LogP contribution in [0.25, 0.3) is 0 Å². The maximum Gasteiger partial charge on any atom is 0.263 e. The molecule has 0 bridgehead atoms. The highest BCUT2D eigenvalue weighted by Crippen LogP contribution is 2.12. The molecule has 2 aromatic rings. The summed E-state index contributed by atoms with van der Waals surface area (Å²) in [5.41, 5.74) is 1.09. The van der Waals surface area contributed by atoms with Crippen molar-refractivity contribution in [3.8, 4) is 5.75 Å². The Kier molecular flexibility index (Phi) is 4.73. The number of ether oxygens (including phenoxy) is 1. The number of aryl methyl sites for hydroxylation is 1. The molecule has 98 valence electrons. The Labute approximate surface area is 125 Å². The van der Waals surface area contributed by atoms with E-state index in [0.29, 0.717) is 11.6 Å². The highest BCUT2D eigenvalue weighted by molar-refractivity contribution is 14.1. The number of carbonyl (C=O) groups excluding carboxylic acids is 1. The number of amides is 1. The fourth-order valence-corrected chi connectivity index (χ4v) is 1.80. The van der Waals surface area contributed by atoms with Gasteiger partial charge in [-0.1, -0.05) is 12.1 Å². The number of hydrogen-bond donors (Lipinski definition) is 1. The summed E-state index contributed by atoms with van der Waals surface area (Å²) in [7, 11) is 0. The number of rotatable bonds is 4. The first kappa shape index (κ1) is 13.8. The highest BCUT2D eigenvalue weighted by Gasteiger charge is 2.04. The Morgan fingerprint density at radius 1 is 1.37 bits per heavy atom. The molecule has 4 nitrogen and oxygen atoms in total. The molecule has 0 radical (unpaired) electrons. The van der Waals surface area contributed by atoms with E-state index in [0.717, 1.165) is 9.13 Å². The van der Waals surface area contributed by atoms with Crippen molar-refractivity contribution in [3.05, 3.63) is 51.7 Å². The number of benzene rings is 1. The smallest absolute Gasteiger partial charge is 0.263 e. The molecule has 0 saturated carbocycles. The summed E-state index contributed by atoms with van der Waals surface area (Å²) in [6, 6.07) is 11.2. The van der Waals surface area contributed by atoms with E-state index >= 15 is 0 Å². The number of hydrogen-bond acceptors (Lipinski definition) is 3. The molecule has 0 aliphatic rings. The number of nitrogens with one attached hydrogen (secondary N) is 1. The summed E-state index contributed by atoms with van der Waals surface area (Å²) in [6.07, 6.45) is 1.69. The molecule has 0 aliphatic carbocycles. The minimum Gasteiger partial charge on any atom is -0.484 e. The Balaban J connectivity index is 1.86. The number of pyridine rings is 1. The highest BCUT2D eigenvalue weighted by atomic mass is 127. The van der Waals surface area contributed by atoms with Crippen molar-refractivity contribution < 1.29 is 9.53 Å². The SMILES string of the molecule is Cc1cccc(OCC(=O)Nc2ccc(I)cn2)c1. The first-order valence-electron chi connectivity index (χ1n) is 5.74. The summed E-state index contributed by atoms with van der Waals surface area (Å²) in [5.74, 6) is 0.985. The average molecular weight is 368 g/mol. The number of anilines is 1. The van der Waals surface area contributed by atoms with Gasteiger partial charge in [0.25, 0.3) is 5.91 Å². The lowest BCUT2D eigenvalue weighted by Gasteiger charge is -2.07. The van der Waals surface area contributed by atoms with Crippen molar-refractivity contribution in [2.24, 2.45) is 0 Å². The van der Waals surface area contributed by atoms with Crippen molar-refractivity contribution in [1.82, 2.24) is 4.98 Å². The molecular formula is C14H13IN2O2. The molecule has 5 heteroatoms. The van der Waals surface area contributed by atoms with E-state index in [1.165, 1.54) is 0 Å². The quantitative estimate of drug-likeness (QED) is 0.845. The van der Waals surface area contributed by atoms with Crippen molar-refractivity contribution >= 4 is 34.3 Å². The summed E-state index contributed by atoms with van der Waals surface area (Å²) in [4.78, 5) is 15.8. The molecule has 1 aromatic carbocycles. The first-order valence-corrected chi connectivity index (χ1v) is 6.82. The van der Waals surface area contributed by atoms with Crippen molar-refractivity contribution in [1.29, 1.82) is 0 Å². The maximum absolute atomic E-state index is 11.7. The molecule has 0 fully saturated rings. The van der Waals surface area contributed by atoms with Crippen LogP contribution in [0.4, 0.5) is 5.82 Å². The van der Waals surface area contributed by atoms with E-state index in [4.69, 9.17) is 4.74 Å². The maximum atomic E-state index is 11.7. The molecule has 0 atom stereocenters. The summed E-state index contributed by atoms with van der Waals surface area (Å²) in [6.45, 7) is 1.94. The standard InChI is InChI=1S/C14H13IN2O2/c1-10-3-2-4-12(7-10)19-9-14(18)17-13-6-5-11(15)8-16-13/h2-8H,9H2,1H3,(H,16,17,18). The number of nitrogens with zero attached hydrogens (tertiary/aromatic N) is 1. The van der Waals surface area contributed by atoms with Gasteiger partial charge in [0.1, 0.15) is 11.6 Å². The van der Waals surface area contributed by atoms with E-state index in [9.17, 15) is 4.79 Å². The second-order valence-electron chi connectivity index (χ2n) is 4.02. The van der Waals surface area contributed by atoms with Crippen molar-refractivity contribution in [2.75, 3.05) is 11.9 Å². The Morgan fingerprint density at radius 2 is 2.21 bits per heavy atom. The number of carbonyl (C=O) groups is 1. The third-order valence-electron chi connectivity index (χ3n) is 2.35. The zero-order valence-electron chi connectivity index (χ0n) is 10.4. The van der Waals surface area contributed by atoms with Gasteiger partial charge in [0.05, 0.1) is 0 Å². The van der Waals surface area contributed by atoms with Crippen LogP contribution in [0.3, 0.4) is 0 Å². The molecule has 1 N–H and O–H groups in total. The fourth-order valence-electron chi connectivity index (χ4n) is 1.48. The van der Waals surface area contributed by atoms with E-state index in [1.807, 2.05) is 37.3 Å². The van der Waals surface area contributed by atoms with E-state index in [-0.39, 0.29) is 12.5 Å². The third kappa shape index (κ3) is 4.51. The monoisotopic (exact) mass is 368 g/mol. The Bertz CT molecular complexity index is 570. The molecule has 1 heterocycles. The van der Waals surface area contributed by atoms with Gasteiger partial charge in [-0.2, -0.15) is 0 Å². The molecule has 0 spiro atoms. The zero-order chi connectivity index (χ0) is 13.7. The van der Waals surface area contributed by atoms with Gasteiger partial charge in [0, 0.05) is 9.77 Å². The van der Waals surface area contributed by atoms with Crippen molar-refractivity contribution in [2.45, 2.75) is 6.92 Å². The second kappa shape index (κ2) is 6.51. The molecule has 0 saturated heterocycles. The lowest BCUT2D eigenvalue weighted by molar-refractivity contribution is -0.118. The van der Waals surface area contributed by atoms with E-state index < -0.39 is 0 Å². The van der Waals surface area contributed by atoms with Gasteiger partial charge in [0.2, 0.25) is 0 Å². The van der Waals surface area contributed by atoms with Gasteiger partial charge in [0.15, 0.2) is 6.61 Å².